The van der Waals surface area contributed by atoms with Gasteiger partial charge in [-0.1, -0.05) is 336 Å². The zero-order chi connectivity index (χ0) is 101. The Morgan fingerprint density at radius 2 is 0.428 bits per heavy atom. The average Bonchev–Trinajstić information content (AvgIpc) is 1.58. The third-order valence-corrected chi connectivity index (χ3v) is 28.9. The summed E-state index contributed by atoms with van der Waals surface area (Å²) >= 11 is 0. The van der Waals surface area contributed by atoms with Gasteiger partial charge in [0.2, 0.25) is 0 Å². The molecule has 0 aliphatic rings. The minimum Gasteiger partial charge on any atom is -0.310 e. The van der Waals surface area contributed by atoms with E-state index in [0.717, 1.165) is 17.2 Å². The Morgan fingerprint density at radius 1 is 0.193 bits per heavy atom. The lowest BCUT2D eigenvalue weighted by atomic mass is 9.88. The van der Waals surface area contributed by atoms with Crippen molar-refractivity contribution in [3.8, 4) is 125 Å². The molecular weight excluding hydrogens is 1770 g/mol. The first-order valence-electron chi connectivity index (χ1n) is 51.2. The molecule has 0 bridgehead atoms. The fraction of sp³-hybridized carbons (Fsp3) is 0.173. The van der Waals surface area contributed by atoms with E-state index in [0.29, 0.717) is 29.6 Å². The standard InChI is InChI=1S/C37H30N3.C37H38N3.C31H34N3.C28H28N3/c1-27-25-26-39(35(27)37-38(2)33-23-12-13-24-34(33)40(37)30-19-10-5-11-20-30)36-31(28-15-6-3-7-16-28)21-14-22-32(36)29-17-8-4-9-18-29;1-25(2)31-23-29(28-15-9-7-10-16-28)24-32(26(3)4)36(31)39-22-21-27(5)35(39)37-38(6)33-19-13-14-20-34(33)40(37)30-17-11-8-12-18-30;1-21(2)25-15-12-16-26(22(3)4)30(25)33-20-19-23(5)29(33)31-32(6)27-17-10-11-18-28(27)34(31)24-13-8-7-9-14-24;1-20(2)23-14-8-9-15-24(23)30-19-18-21(3)27(30)28-29(4)25-16-10-11-17-26(25)31(28)22-12-6-5-7-13-22/h3-26H,1-2H3;7-26H,1-6H3;7-22H,1-6H3;5-20H,1-4H3/q4*+1. The molecule has 0 radical (unpaired) electrons. The van der Waals surface area contributed by atoms with Gasteiger partial charge in [-0.2, -0.15) is 18.3 Å². The number of para-hydroxylation sites is 15. The zero-order valence-corrected chi connectivity index (χ0v) is 86.7. The van der Waals surface area contributed by atoms with Crippen molar-refractivity contribution in [2.24, 2.45) is 28.2 Å². The van der Waals surface area contributed by atoms with Gasteiger partial charge >= 0.3 is 23.3 Å². The van der Waals surface area contributed by atoms with Gasteiger partial charge in [-0.25, -0.2) is 18.3 Å². The van der Waals surface area contributed by atoms with Gasteiger partial charge < -0.3 is 18.3 Å². The Kier molecular flexibility index (Phi) is 27.2. The molecule has 0 aliphatic heterocycles. The number of fused-ring (bicyclic) bond motifs is 4. The lowest BCUT2D eigenvalue weighted by Gasteiger charge is -2.24. The number of aryl methyl sites for hydroxylation is 8. The van der Waals surface area contributed by atoms with Crippen LogP contribution in [0, 0.1) is 27.7 Å². The maximum Gasteiger partial charge on any atom is 0.312 e. The maximum absolute atomic E-state index is 2.46. The molecule has 0 unspecified atom stereocenters. The Morgan fingerprint density at radius 3 is 0.738 bits per heavy atom. The van der Waals surface area contributed by atoms with E-state index in [1.807, 2.05) is 0 Å². The number of benzene rings is 15. The van der Waals surface area contributed by atoms with E-state index < -0.39 is 0 Å². The van der Waals surface area contributed by atoms with Crippen LogP contribution in [0.1, 0.15) is 149 Å². The predicted octanol–water partition coefficient (Wildman–Crippen LogP) is 31.5. The fourth-order valence-electron chi connectivity index (χ4n) is 21.8. The minimum atomic E-state index is 0.362. The molecule has 0 saturated carbocycles. The van der Waals surface area contributed by atoms with Gasteiger partial charge in [0.05, 0.1) is 45.3 Å². The summed E-state index contributed by atoms with van der Waals surface area (Å²) in [5.74, 6) is 6.69. The average molecular weight is 1900 g/mol. The highest BCUT2D eigenvalue weighted by atomic mass is 15.2. The Balaban J connectivity index is 0.000000118. The third-order valence-electron chi connectivity index (χ3n) is 28.9. The summed E-state index contributed by atoms with van der Waals surface area (Å²) in [4.78, 5) is 0. The van der Waals surface area contributed by atoms with Crippen molar-refractivity contribution in [3.63, 3.8) is 0 Å². The molecule has 12 nitrogen and oxygen atoms in total. The van der Waals surface area contributed by atoms with Crippen LogP contribution in [0.15, 0.2) is 431 Å². The van der Waals surface area contributed by atoms with Gasteiger partial charge in [-0.3, -0.25) is 0 Å². The smallest absolute Gasteiger partial charge is 0.310 e. The molecular formula is C133H130N12+4. The van der Waals surface area contributed by atoms with Crippen LogP contribution in [0.25, 0.3) is 169 Å². The molecule has 15 aromatic carbocycles. The van der Waals surface area contributed by atoms with E-state index in [2.05, 4.69) is 611 Å². The summed E-state index contributed by atoms with van der Waals surface area (Å²) in [6.07, 6.45) is 8.96. The number of hydrogen-bond donors (Lipinski definition) is 0. The van der Waals surface area contributed by atoms with Crippen molar-refractivity contribution in [3.05, 3.63) is 481 Å². The number of rotatable bonds is 20. The minimum absolute atomic E-state index is 0.362. The third kappa shape index (κ3) is 17.9. The van der Waals surface area contributed by atoms with E-state index in [-0.39, 0.29) is 0 Å². The van der Waals surface area contributed by atoms with Crippen molar-refractivity contribution in [2.45, 2.75) is 127 Å². The van der Waals surface area contributed by atoms with Crippen LogP contribution in [0.2, 0.25) is 0 Å². The van der Waals surface area contributed by atoms with Crippen LogP contribution < -0.4 is 18.3 Å². The zero-order valence-electron chi connectivity index (χ0n) is 86.7. The summed E-state index contributed by atoms with van der Waals surface area (Å²) in [6.45, 7) is 31.8. The summed E-state index contributed by atoms with van der Waals surface area (Å²) in [5.41, 5.74) is 43.3. The Labute approximate surface area is 854 Å². The molecule has 0 aliphatic carbocycles. The Bertz CT molecular complexity index is 8470. The largest absolute Gasteiger partial charge is 0.312 e. The van der Waals surface area contributed by atoms with Gasteiger partial charge in [0.1, 0.15) is 45.5 Å². The normalized spacial score (nSPS) is 11.6. The van der Waals surface area contributed by atoms with Crippen molar-refractivity contribution in [1.29, 1.82) is 0 Å². The molecule has 0 amide bonds. The highest BCUT2D eigenvalue weighted by Crippen LogP contribution is 2.46. The molecule has 0 atom stereocenters. The molecule has 145 heavy (non-hydrogen) atoms. The van der Waals surface area contributed by atoms with Gasteiger partial charge in [-0.15, -0.1) is 0 Å². The Hall–Kier alpha value is -16.7. The first kappa shape index (κ1) is 95.8. The van der Waals surface area contributed by atoms with E-state index in [9.17, 15) is 0 Å². The van der Waals surface area contributed by atoms with Crippen molar-refractivity contribution < 1.29 is 18.3 Å². The molecule has 0 saturated heterocycles. The number of aromatic nitrogens is 12. The molecule has 8 heterocycles. The number of nitrogens with zero attached hydrogens (tertiary/aromatic N) is 12. The molecule has 0 N–H and O–H groups in total. The second-order valence-corrected chi connectivity index (χ2v) is 40.0. The van der Waals surface area contributed by atoms with Crippen LogP contribution in [0.3, 0.4) is 0 Å². The molecule has 23 rings (SSSR count). The van der Waals surface area contributed by atoms with Crippen LogP contribution in [0.5, 0.6) is 0 Å². The van der Waals surface area contributed by atoms with Gasteiger partial charge in [0.15, 0.2) is 44.1 Å². The summed E-state index contributed by atoms with van der Waals surface area (Å²) in [7, 11) is 8.72. The van der Waals surface area contributed by atoms with E-state index in [1.165, 1.54) is 202 Å². The first-order valence-corrected chi connectivity index (χ1v) is 51.2. The second kappa shape index (κ2) is 41.1. The number of hydrogen-bond acceptors (Lipinski definition) is 0. The highest BCUT2D eigenvalue weighted by molar-refractivity contribution is 5.90. The quantitative estimate of drug-likeness (QED) is 0.0683. The van der Waals surface area contributed by atoms with Gasteiger partial charge in [0.25, 0.3) is 0 Å². The molecule has 0 fully saturated rings. The second-order valence-electron chi connectivity index (χ2n) is 40.0. The first-order chi connectivity index (χ1) is 70.6. The van der Waals surface area contributed by atoms with Crippen LogP contribution >= 0.6 is 0 Å². The van der Waals surface area contributed by atoms with Gasteiger partial charge in [0, 0.05) is 41.6 Å². The molecule has 12 heteroatoms. The van der Waals surface area contributed by atoms with E-state index in [4.69, 9.17) is 0 Å². The van der Waals surface area contributed by atoms with Crippen molar-refractivity contribution in [2.75, 3.05) is 0 Å². The molecule has 718 valence electrons. The lowest BCUT2D eigenvalue weighted by Crippen LogP contribution is -2.31. The van der Waals surface area contributed by atoms with Crippen LogP contribution in [-0.4, -0.2) is 36.5 Å². The summed E-state index contributed by atoms with van der Waals surface area (Å²) in [5, 5.41) is 0. The highest BCUT2D eigenvalue weighted by Gasteiger charge is 2.38. The predicted molar refractivity (Wildman–Crippen MR) is 603 cm³/mol. The monoisotopic (exact) mass is 1900 g/mol. The summed E-state index contributed by atoms with van der Waals surface area (Å²) in [6, 6.07) is 146. The maximum atomic E-state index is 2.46. The van der Waals surface area contributed by atoms with Crippen molar-refractivity contribution in [1.82, 2.24) is 36.5 Å². The van der Waals surface area contributed by atoms with Crippen LogP contribution in [-0.2, 0) is 28.2 Å². The number of imidazole rings is 4. The van der Waals surface area contributed by atoms with E-state index in [1.54, 1.807) is 0 Å². The van der Waals surface area contributed by atoms with E-state index >= 15 is 0 Å². The SMILES string of the molecule is Cc1ccn(-c2c(-c3ccccc3)cccc2-c2ccccc2)c1-c1n(-c2ccccc2)c2ccccc2[n+]1C.Cc1ccn(-c2c(C(C)C)cc(-c3ccccc3)cc2C(C)C)c1-c1n(-c2ccccc2)c2ccccc2[n+]1C.Cc1ccn(-c2c(C(C)C)cccc2C(C)C)c1-c1n(-c2ccccc2)c2ccccc2[n+]1C.Cc1ccn(-c2ccccc2C(C)C)c1-c1n(-c2ccccc2)c2ccccc2[n+]1C. The molecule has 23 aromatic rings. The fourth-order valence-corrected chi connectivity index (χ4v) is 21.8. The summed E-state index contributed by atoms with van der Waals surface area (Å²) < 4.78 is 28.6. The van der Waals surface area contributed by atoms with Crippen LogP contribution in [0.4, 0.5) is 0 Å². The molecule has 0 spiro atoms. The topological polar surface area (TPSA) is 55.0 Å². The lowest BCUT2D eigenvalue weighted by molar-refractivity contribution is -0.634. The molecule has 8 aromatic heterocycles. The van der Waals surface area contributed by atoms with Crippen molar-refractivity contribution >= 4 is 44.1 Å². The van der Waals surface area contributed by atoms with Gasteiger partial charge in [-0.05, 0) is 269 Å².